The highest BCUT2D eigenvalue weighted by atomic mass is 14.4. The highest BCUT2D eigenvalue weighted by Crippen LogP contribution is 2.38. The summed E-state index contributed by atoms with van der Waals surface area (Å²) in [7, 11) is 0. The Hall–Kier alpha value is -1.28. The van der Waals surface area contributed by atoms with Gasteiger partial charge in [-0.25, -0.2) is 0 Å². The molecule has 0 aromatic carbocycles. The van der Waals surface area contributed by atoms with E-state index in [1.54, 1.807) is 0 Å². The zero-order valence-corrected chi connectivity index (χ0v) is 8.01. The van der Waals surface area contributed by atoms with E-state index in [0.717, 1.165) is 25.7 Å². The van der Waals surface area contributed by atoms with Crippen LogP contribution in [-0.4, -0.2) is 0 Å². The van der Waals surface area contributed by atoms with Gasteiger partial charge in [-0.15, -0.1) is 0 Å². The van der Waals surface area contributed by atoms with Crippen LogP contribution in [0.2, 0.25) is 0 Å². The lowest BCUT2D eigenvalue weighted by Crippen LogP contribution is -2.20. The first-order chi connectivity index (χ1) is 6.22. The molecule has 1 unspecified atom stereocenters. The summed E-state index contributed by atoms with van der Waals surface area (Å²) >= 11 is 0. The van der Waals surface area contributed by atoms with Crippen LogP contribution in [0.1, 0.15) is 39.0 Å². The van der Waals surface area contributed by atoms with Crippen molar-refractivity contribution in [2.45, 2.75) is 39.0 Å². The molecule has 0 radical (unpaired) electrons. The van der Waals surface area contributed by atoms with E-state index in [0.29, 0.717) is 6.42 Å². The van der Waals surface area contributed by atoms with Crippen LogP contribution >= 0.6 is 0 Å². The van der Waals surface area contributed by atoms with Crippen LogP contribution in [0.5, 0.6) is 0 Å². The molecule has 0 aromatic heterocycles. The molecule has 0 aromatic rings. The van der Waals surface area contributed by atoms with E-state index in [-0.39, 0.29) is 5.41 Å². The predicted molar refractivity (Wildman–Crippen MR) is 50.5 cm³/mol. The molecule has 13 heavy (non-hydrogen) atoms. The molecule has 0 N–H and O–H groups in total. The first-order valence-corrected chi connectivity index (χ1v) is 4.66. The van der Waals surface area contributed by atoms with E-state index in [1.165, 1.54) is 5.57 Å². The quantitative estimate of drug-likeness (QED) is 0.604. The van der Waals surface area contributed by atoms with Crippen LogP contribution in [0.3, 0.4) is 0 Å². The maximum Gasteiger partial charge on any atom is 0.0693 e. The van der Waals surface area contributed by atoms with Gasteiger partial charge in [0, 0.05) is 6.42 Å². The molecule has 0 bridgehead atoms. The summed E-state index contributed by atoms with van der Waals surface area (Å²) in [6.07, 6.45) is 6.14. The number of hydrogen-bond donors (Lipinski definition) is 0. The summed E-state index contributed by atoms with van der Waals surface area (Å²) in [6, 6.07) is 4.49. The van der Waals surface area contributed by atoms with Gasteiger partial charge in [-0.1, -0.05) is 11.6 Å². The average molecular weight is 174 g/mol. The van der Waals surface area contributed by atoms with Gasteiger partial charge in [0.25, 0.3) is 0 Å². The number of nitrogens with zero attached hydrogens (tertiary/aromatic N) is 2. The lowest BCUT2D eigenvalue weighted by molar-refractivity contribution is 0.328. The molecule has 1 aliphatic carbocycles. The fraction of sp³-hybridized carbons (Fsp3) is 0.636. The highest BCUT2D eigenvalue weighted by Gasteiger charge is 2.30. The second kappa shape index (κ2) is 4.10. The fourth-order valence-corrected chi connectivity index (χ4v) is 1.69. The minimum absolute atomic E-state index is 0.241. The first-order valence-electron chi connectivity index (χ1n) is 4.66. The predicted octanol–water partition coefficient (Wildman–Crippen LogP) is 2.93. The van der Waals surface area contributed by atoms with Gasteiger partial charge in [0.05, 0.1) is 17.6 Å². The summed E-state index contributed by atoms with van der Waals surface area (Å²) < 4.78 is 0. The zero-order valence-electron chi connectivity index (χ0n) is 8.01. The van der Waals surface area contributed by atoms with E-state index in [4.69, 9.17) is 10.5 Å². The van der Waals surface area contributed by atoms with Crippen molar-refractivity contribution in [3.05, 3.63) is 11.6 Å². The number of rotatable bonds is 2. The smallest absolute Gasteiger partial charge is 0.0693 e. The van der Waals surface area contributed by atoms with Crippen LogP contribution in [0.25, 0.3) is 0 Å². The van der Waals surface area contributed by atoms with Gasteiger partial charge in [0.1, 0.15) is 0 Å². The Morgan fingerprint density at radius 2 is 2.31 bits per heavy atom. The summed E-state index contributed by atoms with van der Waals surface area (Å²) in [5, 5.41) is 17.5. The zero-order chi connectivity index (χ0) is 9.73. The molecule has 0 spiro atoms. The normalized spacial score (nSPS) is 27.2. The van der Waals surface area contributed by atoms with Gasteiger partial charge < -0.3 is 0 Å². The topological polar surface area (TPSA) is 47.6 Å². The summed E-state index contributed by atoms with van der Waals surface area (Å²) in [4.78, 5) is 0. The van der Waals surface area contributed by atoms with E-state index in [9.17, 15) is 0 Å². The van der Waals surface area contributed by atoms with E-state index in [2.05, 4.69) is 25.1 Å². The van der Waals surface area contributed by atoms with Crippen molar-refractivity contribution in [3.8, 4) is 12.1 Å². The minimum Gasteiger partial charge on any atom is -0.198 e. The number of hydrogen-bond acceptors (Lipinski definition) is 2. The van der Waals surface area contributed by atoms with Crippen molar-refractivity contribution in [1.82, 2.24) is 0 Å². The third-order valence-electron chi connectivity index (χ3n) is 2.79. The van der Waals surface area contributed by atoms with Crippen molar-refractivity contribution in [3.63, 3.8) is 0 Å². The number of nitriles is 2. The van der Waals surface area contributed by atoms with Gasteiger partial charge in [-0.05, 0) is 32.6 Å². The minimum atomic E-state index is -0.241. The van der Waals surface area contributed by atoms with E-state index >= 15 is 0 Å². The molecular weight excluding hydrogens is 160 g/mol. The molecule has 1 aliphatic rings. The Morgan fingerprint density at radius 3 is 2.77 bits per heavy atom. The Labute approximate surface area is 79.5 Å². The molecule has 1 rings (SSSR count). The second-order valence-electron chi connectivity index (χ2n) is 3.80. The van der Waals surface area contributed by atoms with Crippen molar-refractivity contribution in [2.24, 2.45) is 5.41 Å². The molecule has 0 saturated heterocycles. The lowest BCUT2D eigenvalue weighted by atomic mass is 9.73. The third kappa shape index (κ3) is 2.33. The molecule has 0 fully saturated rings. The van der Waals surface area contributed by atoms with E-state index in [1.807, 2.05) is 0 Å². The monoisotopic (exact) mass is 174 g/mol. The van der Waals surface area contributed by atoms with Gasteiger partial charge >= 0.3 is 0 Å². The Morgan fingerprint density at radius 1 is 1.54 bits per heavy atom. The second-order valence-corrected chi connectivity index (χ2v) is 3.80. The number of allylic oxidation sites excluding steroid dienone is 2. The molecular formula is C11H14N2. The Bertz CT molecular complexity index is 290. The van der Waals surface area contributed by atoms with Gasteiger partial charge in [0.15, 0.2) is 0 Å². The Kier molecular flexibility index (Phi) is 3.09. The fourth-order valence-electron chi connectivity index (χ4n) is 1.69. The van der Waals surface area contributed by atoms with Crippen LogP contribution in [0.15, 0.2) is 11.6 Å². The molecule has 68 valence electrons. The molecule has 0 saturated carbocycles. The van der Waals surface area contributed by atoms with Gasteiger partial charge in [0.2, 0.25) is 0 Å². The van der Waals surface area contributed by atoms with E-state index < -0.39 is 0 Å². The molecule has 0 amide bonds. The molecule has 0 aliphatic heterocycles. The van der Waals surface area contributed by atoms with Crippen LogP contribution < -0.4 is 0 Å². The van der Waals surface area contributed by atoms with Gasteiger partial charge in [-0.3, -0.25) is 0 Å². The molecule has 0 heterocycles. The summed E-state index contributed by atoms with van der Waals surface area (Å²) in [5.74, 6) is 0. The van der Waals surface area contributed by atoms with Crippen molar-refractivity contribution in [2.75, 3.05) is 0 Å². The SMILES string of the molecule is CC1=CCC(C#N)(CCC#N)CC1. The first kappa shape index (κ1) is 9.81. The van der Waals surface area contributed by atoms with Crippen LogP contribution in [0.4, 0.5) is 0 Å². The maximum absolute atomic E-state index is 9.07. The van der Waals surface area contributed by atoms with Crippen molar-refractivity contribution >= 4 is 0 Å². The standard InChI is InChI=1S/C11H14N2/c1-10-3-6-11(9-13,7-4-10)5-2-8-12/h3H,2,4-7H2,1H3. The summed E-state index contributed by atoms with van der Waals surface area (Å²) in [6.45, 7) is 2.10. The third-order valence-corrected chi connectivity index (χ3v) is 2.79. The van der Waals surface area contributed by atoms with Crippen LogP contribution in [0, 0.1) is 28.1 Å². The Balaban J connectivity index is 2.64. The molecule has 2 nitrogen and oxygen atoms in total. The average Bonchev–Trinajstić information content (AvgIpc) is 2.18. The lowest BCUT2D eigenvalue weighted by Gasteiger charge is -2.28. The summed E-state index contributed by atoms with van der Waals surface area (Å²) in [5.41, 5.74) is 1.14. The van der Waals surface area contributed by atoms with Gasteiger partial charge in [-0.2, -0.15) is 10.5 Å². The van der Waals surface area contributed by atoms with Crippen molar-refractivity contribution in [1.29, 1.82) is 10.5 Å². The molecule has 2 heteroatoms. The van der Waals surface area contributed by atoms with Crippen LogP contribution in [-0.2, 0) is 0 Å². The highest BCUT2D eigenvalue weighted by molar-refractivity contribution is 5.14. The molecule has 1 atom stereocenters. The van der Waals surface area contributed by atoms with Crippen molar-refractivity contribution < 1.29 is 0 Å². The maximum atomic E-state index is 9.07. The largest absolute Gasteiger partial charge is 0.198 e.